The molecule has 19 heavy (non-hydrogen) atoms. The number of phenolic OH excluding ortho intramolecular Hbond substituents is 1. The van der Waals surface area contributed by atoms with E-state index in [1.807, 2.05) is 12.1 Å². The van der Waals surface area contributed by atoms with E-state index in [1.165, 1.54) is 0 Å². The van der Waals surface area contributed by atoms with E-state index in [1.54, 1.807) is 18.3 Å². The van der Waals surface area contributed by atoms with Gasteiger partial charge < -0.3 is 10.1 Å². The van der Waals surface area contributed by atoms with E-state index in [9.17, 15) is 9.90 Å². The average molecular weight is 258 g/mol. The second kappa shape index (κ2) is 5.69. The zero-order valence-electron chi connectivity index (χ0n) is 11.2. The van der Waals surface area contributed by atoms with Gasteiger partial charge >= 0.3 is 0 Å². The van der Waals surface area contributed by atoms with E-state index in [0.717, 1.165) is 11.3 Å². The van der Waals surface area contributed by atoms with Crippen molar-refractivity contribution in [1.29, 1.82) is 0 Å². The minimum absolute atomic E-state index is 0.107. The minimum Gasteiger partial charge on any atom is -0.508 e. The summed E-state index contributed by atoms with van der Waals surface area (Å²) < 4.78 is 0. The van der Waals surface area contributed by atoms with Crippen LogP contribution in [-0.2, 0) is 12.8 Å². The van der Waals surface area contributed by atoms with Crippen LogP contribution in [0.25, 0.3) is 0 Å². The van der Waals surface area contributed by atoms with Crippen LogP contribution in [0, 0.1) is 5.92 Å². The lowest BCUT2D eigenvalue weighted by atomic mass is 10.1. The third-order valence-corrected chi connectivity index (χ3v) is 2.84. The lowest BCUT2D eigenvalue weighted by molar-refractivity contribution is 0.475. The number of aromatic nitrogens is 2. The average Bonchev–Trinajstić information content (AvgIpc) is 2.35. The number of nitrogens with one attached hydrogen (secondary N) is 1. The Labute approximate surface area is 112 Å². The zero-order valence-corrected chi connectivity index (χ0v) is 11.2. The maximum absolute atomic E-state index is 11.9. The fraction of sp³-hybridized carbons (Fsp3) is 0.333. The summed E-state index contributed by atoms with van der Waals surface area (Å²) in [5.74, 6) is 0.652. The second-order valence-electron chi connectivity index (χ2n) is 5.13. The molecule has 0 amide bonds. The molecule has 2 N–H and O–H groups in total. The van der Waals surface area contributed by atoms with E-state index in [4.69, 9.17) is 0 Å². The first kappa shape index (κ1) is 13.3. The molecule has 0 saturated heterocycles. The highest BCUT2D eigenvalue weighted by molar-refractivity contribution is 5.28. The first-order chi connectivity index (χ1) is 9.04. The van der Waals surface area contributed by atoms with Crippen LogP contribution in [0.2, 0.25) is 0 Å². The summed E-state index contributed by atoms with van der Waals surface area (Å²) >= 11 is 0. The summed E-state index contributed by atoms with van der Waals surface area (Å²) in [5.41, 5.74) is 2.28. The molecular weight excluding hydrogens is 240 g/mol. The molecule has 0 spiro atoms. The number of H-pyrrole nitrogens is 1. The van der Waals surface area contributed by atoms with Crippen molar-refractivity contribution >= 4 is 0 Å². The summed E-state index contributed by atoms with van der Waals surface area (Å²) in [6.07, 6.45) is 3.01. The van der Waals surface area contributed by atoms with E-state index in [2.05, 4.69) is 23.8 Å². The Kier molecular flexibility index (Phi) is 4.00. The van der Waals surface area contributed by atoms with Gasteiger partial charge in [-0.25, -0.2) is 0 Å². The molecule has 0 aliphatic carbocycles. The number of phenols is 1. The van der Waals surface area contributed by atoms with Crippen molar-refractivity contribution in [3.8, 4) is 5.75 Å². The highest BCUT2D eigenvalue weighted by Gasteiger charge is 2.06. The van der Waals surface area contributed by atoms with Crippen LogP contribution in [0.4, 0.5) is 0 Å². The van der Waals surface area contributed by atoms with Crippen molar-refractivity contribution in [2.45, 2.75) is 26.7 Å². The molecule has 1 heterocycles. The van der Waals surface area contributed by atoms with Crippen LogP contribution in [0.5, 0.6) is 5.75 Å². The van der Waals surface area contributed by atoms with Crippen LogP contribution < -0.4 is 5.56 Å². The van der Waals surface area contributed by atoms with E-state index >= 15 is 0 Å². The van der Waals surface area contributed by atoms with Gasteiger partial charge in [0.25, 0.3) is 5.56 Å². The molecule has 1 aromatic carbocycles. The minimum atomic E-state index is -0.107. The van der Waals surface area contributed by atoms with Crippen LogP contribution in [0.3, 0.4) is 0 Å². The molecule has 0 atom stereocenters. The molecule has 0 radical (unpaired) electrons. The number of aromatic hydroxyl groups is 1. The maximum Gasteiger partial charge on any atom is 0.269 e. The Morgan fingerprint density at radius 3 is 2.53 bits per heavy atom. The molecule has 4 nitrogen and oxygen atoms in total. The largest absolute Gasteiger partial charge is 0.508 e. The molecule has 1 aromatic heterocycles. The van der Waals surface area contributed by atoms with Crippen LogP contribution in [-0.4, -0.2) is 15.1 Å². The van der Waals surface area contributed by atoms with E-state index in [0.29, 0.717) is 24.5 Å². The summed E-state index contributed by atoms with van der Waals surface area (Å²) in [6.45, 7) is 4.12. The van der Waals surface area contributed by atoms with Crippen molar-refractivity contribution in [3.63, 3.8) is 0 Å². The van der Waals surface area contributed by atoms with Gasteiger partial charge in [-0.15, -0.1) is 0 Å². The smallest absolute Gasteiger partial charge is 0.269 e. The zero-order chi connectivity index (χ0) is 13.8. The molecule has 0 aliphatic heterocycles. The van der Waals surface area contributed by atoms with Crippen LogP contribution in [0.15, 0.2) is 35.3 Å². The monoisotopic (exact) mass is 258 g/mol. The Balaban J connectivity index is 2.16. The number of hydrogen-bond acceptors (Lipinski definition) is 3. The van der Waals surface area contributed by atoms with Gasteiger partial charge in [0, 0.05) is 18.3 Å². The number of benzene rings is 1. The van der Waals surface area contributed by atoms with Gasteiger partial charge in [0.05, 0.1) is 0 Å². The van der Waals surface area contributed by atoms with Gasteiger partial charge in [-0.2, -0.15) is 0 Å². The van der Waals surface area contributed by atoms with Gasteiger partial charge in [0.15, 0.2) is 0 Å². The quantitative estimate of drug-likeness (QED) is 0.884. The van der Waals surface area contributed by atoms with Crippen molar-refractivity contribution in [1.82, 2.24) is 9.97 Å². The predicted octanol–water partition coefficient (Wildman–Crippen LogP) is 2.26. The second-order valence-corrected chi connectivity index (χ2v) is 5.13. The number of nitrogens with zero attached hydrogens (tertiary/aromatic N) is 1. The lowest BCUT2D eigenvalue weighted by Crippen LogP contribution is -2.18. The third kappa shape index (κ3) is 3.68. The molecule has 0 bridgehead atoms. The molecule has 100 valence electrons. The summed E-state index contributed by atoms with van der Waals surface area (Å²) in [6, 6.07) is 6.92. The highest BCUT2D eigenvalue weighted by atomic mass is 16.3. The van der Waals surface area contributed by atoms with Crippen LogP contribution in [0.1, 0.15) is 30.8 Å². The first-order valence-corrected chi connectivity index (χ1v) is 6.39. The van der Waals surface area contributed by atoms with Crippen molar-refractivity contribution in [2.75, 3.05) is 0 Å². The molecular formula is C15H18N2O2. The standard InChI is InChI=1S/C15H18N2O2/c1-10(2)7-14-15(19)17-12(9-16-14)8-11-3-5-13(18)6-4-11/h3-6,9-10,18H,7-8H2,1-2H3,(H,17,19). The molecule has 0 aliphatic rings. The SMILES string of the molecule is CC(C)Cc1ncc(Cc2ccc(O)cc2)[nH]c1=O. The lowest BCUT2D eigenvalue weighted by Gasteiger charge is -2.05. The maximum atomic E-state index is 11.9. The fourth-order valence-electron chi connectivity index (χ4n) is 1.92. The van der Waals surface area contributed by atoms with Crippen molar-refractivity contribution in [2.24, 2.45) is 5.92 Å². The van der Waals surface area contributed by atoms with Gasteiger partial charge in [-0.1, -0.05) is 26.0 Å². The van der Waals surface area contributed by atoms with E-state index < -0.39 is 0 Å². The Morgan fingerprint density at radius 1 is 1.26 bits per heavy atom. The number of hydrogen-bond donors (Lipinski definition) is 2. The van der Waals surface area contributed by atoms with Crippen molar-refractivity contribution in [3.05, 3.63) is 57.8 Å². The Morgan fingerprint density at radius 2 is 1.95 bits per heavy atom. The first-order valence-electron chi connectivity index (χ1n) is 6.39. The molecule has 2 rings (SSSR count). The summed E-state index contributed by atoms with van der Waals surface area (Å²) in [5, 5.41) is 9.22. The summed E-state index contributed by atoms with van der Waals surface area (Å²) in [4.78, 5) is 19.0. The normalized spacial score (nSPS) is 10.9. The molecule has 4 heteroatoms. The molecule has 0 unspecified atom stereocenters. The predicted molar refractivity (Wildman–Crippen MR) is 74.3 cm³/mol. The molecule has 0 saturated carbocycles. The van der Waals surface area contributed by atoms with Crippen LogP contribution >= 0.6 is 0 Å². The Bertz CT molecular complexity index is 600. The molecule has 2 aromatic rings. The van der Waals surface area contributed by atoms with Gasteiger partial charge in [-0.05, 0) is 30.0 Å². The molecule has 0 fully saturated rings. The third-order valence-electron chi connectivity index (χ3n) is 2.84. The van der Waals surface area contributed by atoms with Gasteiger partial charge in [0.1, 0.15) is 11.4 Å². The highest BCUT2D eigenvalue weighted by Crippen LogP contribution is 2.12. The van der Waals surface area contributed by atoms with E-state index in [-0.39, 0.29) is 11.3 Å². The van der Waals surface area contributed by atoms with Gasteiger partial charge in [0.2, 0.25) is 0 Å². The van der Waals surface area contributed by atoms with Crippen molar-refractivity contribution < 1.29 is 5.11 Å². The fourth-order valence-corrected chi connectivity index (χ4v) is 1.92. The van der Waals surface area contributed by atoms with Gasteiger partial charge in [-0.3, -0.25) is 9.78 Å². The Hall–Kier alpha value is -2.10. The number of rotatable bonds is 4. The summed E-state index contributed by atoms with van der Waals surface area (Å²) in [7, 11) is 0. The number of aromatic amines is 1. The topological polar surface area (TPSA) is 66.0 Å².